The minimum Gasteiger partial charge on any atom is -0.371 e. The van der Waals surface area contributed by atoms with Crippen LogP contribution in [-0.2, 0) is 11.3 Å². The summed E-state index contributed by atoms with van der Waals surface area (Å²) < 4.78 is 6.03. The molecule has 2 aromatic rings. The molecule has 1 atom stereocenters. The van der Waals surface area contributed by atoms with Crippen molar-refractivity contribution in [3.8, 4) is 0 Å². The van der Waals surface area contributed by atoms with Gasteiger partial charge in [0.1, 0.15) is 0 Å². The standard InChI is InChI=1S/C22H28N2O/c1-3-7-19(8-4-1)17-23-13-11-21(12-14-23)24-15-16-25-22(18-24)20-9-5-2-6-10-20/h1-10,21-22H,11-18H2. The summed E-state index contributed by atoms with van der Waals surface area (Å²) in [4.78, 5) is 5.27. The summed E-state index contributed by atoms with van der Waals surface area (Å²) >= 11 is 0. The molecule has 0 radical (unpaired) electrons. The van der Waals surface area contributed by atoms with Gasteiger partial charge in [0.05, 0.1) is 12.7 Å². The predicted molar refractivity (Wildman–Crippen MR) is 101 cm³/mol. The number of rotatable bonds is 4. The lowest BCUT2D eigenvalue weighted by atomic mass is 10.00. The van der Waals surface area contributed by atoms with Crippen LogP contribution in [0, 0.1) is 0 Å². The largest absolute Gasteiger partial charge is 0.371 e. The van der Waals surface area contributed by atoms with E-state index in [0.29, 0.717) is 6.04 Å². The molecule has 0 aliphatic carbocycles. The summed E-state index contributed by atoms with van der Waals surface area (Å²) in [6, 6.07) is 22.2. The topological polar surface area (TPSA) is 15.7 Å². The van der Waals surface area contributed by atoms with E-state index in [0.717, 1.165) is 26.2 Å². The smallest absolute Gasteiger partial charge is 0.0952 e. The van der Waals surface area contributed by atoms with Gasteiger partial charge in [0.25, 0.3) is 0 Å². The highest BCUT2D eigenvalue weighted by Gasteiger charge is 2.29. The number of hydrogen-bond donors (Lipinski definition) is 0. The van der Waals surface area contributed by atoms with E-state index >= 15 is 0 Å². The Morgan fingerprint density at radius 2 is 1.52 bits per heavy atom. The van der Waals surface area contributed by atoms with Crippen molar-refractivity contribution in [2.45, 2.75) is 31.5 Å². The monoisotopic (exact) mass is 336 g/mol. The molecule has 0 spiro atoms. The van der Waals surface area contributed by atoms with Gasteiger partial charge in [0.2, 0.25) is 0 Å². The highest BCUT2D eigenvalue weighted by molar-refractivity contribution is 5.18. The molecule has 3 heteroatoms. The molecular weight excluding hydrogens is 308 g/mol. The molecule has 4 rings (SSSR count). The summed E-state index contributed by atoms with van der Waals surface area (Å²) in [6.45, 7) is 6.45. The second kappa shape index (κ2) is 8.13. The fourth-order valence-electron chi connectivity index (χ4n) is 4.15. The van der Waals surface area contributed by atoms with Crippen molar-refractivity contribution in [3.05, 3.63) is 71.8 Å². The quantitative estimate of drug-likeness (QED) is 0.846. The van der Waals surface area contributed by atoms with E-state index in [9.17, 15) is 0 Å². The second-order valence-electron chi connectivity index (χ2n) is 7.26. The summed E-state index contributed by atoms with van der Waals surface area (Å²) in [7, 11) is 0. The normalized spacial score (nSPS) is 23.6. The summed E-state index contributed by atoms with van der Waals surface area (Å²) in [5, 5.41) is 0. The number of ether oxygens (including phenoxy) is 1. The van der Waals surface area contributed by atoms with Crippen LogP contribution < -0.4 is 0 Å². The van der Waals surface area contributed by atoms with Crippen LogP contribution in [0.5, 0.6) is 0 Å². The van der Waals surface area contributed by atoms with Gasteiger partial charge < -0.3 is 4.74 Å². The van der Waals surface area contributed by atoms with E-state index in [1.165, 1.54) is 37.1 Å². The molecule has 0 N–H and O–H groups in total. The SMILES string of the molecule is c1ccc(CN2CCC(N3CCOC(c4ccccc4)C3)CC2)cc1. The van der Waals surface area contributed by atoms with Crippen molar-refractivity contribution in [1.29, 1.82) is 0 Å². The lowest BCUT2D eigenvalue weighted by Gasteiger charge is -2.42. The number of nitrogens with zero attached hydrogens (tertiary/aromatic N) is 2. The Morgan fingerprint density at radius 1 is 0.840 bits per heavy atom. The number of hydrogen-bond acceptors (Lipinski definition) is 3. The molecule has 0 amide bonds. The van der Waals surface area contributed by atoms with Crippen LogP contribution in [0.25, 0.3) is 0 Å². The van der Waals surface area contributed by atoms with E-state index in [4.69, 9.17) is 4.74 Å². The predicted octanol–water partition coefficient (Wildman–Crippen LogP) is 3.72. The molecule has 132 valence electrons. The Hall–Kier alpha value is -1.68. The molecule has 0 aromatic heterocycles. The van der Waals surface area contributed by atoms with Gasteiger partial charge >= 0.3 is 0 Å². The lowest BCUT2D eigenvalue weighted by Crippen LogP contribution is -2.49. The van der Waals surface area contributed by atoms with Gasteiger partial charge in [0, 0.05) is 25.7 Å². The van der Waals surface area contributed by atoms with Gasteiger partial charge in [-0.25, -0.2) is 0 Å². The van der Waals surface area contributed by atoms with E-state index in [1.807, 2.05) is 0 Å². The third-order valence-electron chi connectivity index (χ3n) is 5.59. The first kappa shape index (κ1) is 16.8. The van der Waals surface area contributed by atoms with Crippen molar-refractivity contribution < 1.29 is 4.74 Å². The average Bonchev–Trinajstić information content (AvgIpc) is 2.70. The van der Waals surface area contributed by atoms with Crippen LogP contribution in [0.15, 0.2) is 60.7 Å². The summed E-state index contributed by atoms with van der Waals surface area (Å²) in [5.41, 5.74) is 2.74. The van der Waals surface area contributed by atoms with Crippen molar-refractivity contribution in [2.24, 2.45) is 0 Å². The molecule has 2 aliphatic rings. The molecule has 2 aromatic carbocycles. The van der Waals surface area contributed by atoms with Crippen LogP contribution in [0.4, 0.5) is 0 Å². The van der Waals surface area contributed by atoms with Gasteiger partial charge in [-0.3, -0.25) is 9.80 Å². The number of piperidine rings is 1. The zero-order valence-electron chi connectivity index (χ0n) is 14.9. The molecule has 2 fully saturated rings. The fraction of sp³-hybridized carbons (Fsp3) is 0.455. The van der Waals surface area contributed by atoms with Crippen molar-refractivity contribution in [3.63, 3.8) is 0 Å². The first-order valence-corrected chi connectivity index (χ1v) is 9.55. The third-order valence-corrected chi connectivity index (χ3v) is 5.59. The highest BCUT2D eigenvalue weighted by atomic mass is 16.5. The van der Waals surface area contributed by atoms with E-state index < -0.39 is 0 Å². The maximum absolute atomic E-state index is 6.03. The van der Waals surface area contributed by atoms with Gasteiger partial charge in [0.15, 0.2) is 0 Å². The Kier molecular flexibility index (Phi) is 5.46. The Bertz CT molecular complexity index is 638. The van der Waals surface area contributed by atoms with Gasteiger partial charge in [-0.05, 0) is 37.1 Å². The summed E-state index contributed by atoms with van der Waals surface area (Å²) in [5.74, 6) is 0. The first-order valence-electron chi connectivity index (χ1n) is 9.55. The van der Waals surface area contributed by atoms with Crippen LogP contribution in [-0.4, -0.2) is 48.6 Å². The highest BCUT2D eigenvalue weighted by Crippen LogP contribution is 2.26. The van der Waals surface area contributed by atoms with Crippen LogP contribution in [0.1, 0.15) is 30.1 Å². The zero-order valence-corrected chi connectivity index (χ0v) is 14.9. The van der Waals surface area contributed by atoms with Gasteiger partial charge in [-0.2, -0.15) is 0 Å². The minimum absolute atomic E-state index is 0.234. The maximum atomic E-state index is 6.03. The third kappa shape index (κ3) is 4.30. The Balaban J connectivity index is 1.30. The molecule has 2 heterocycles. The molecule has 0 bridgehead atoms. The number of benzene rings is 2. The molecular formula is C22H28N2O. The van der Waals surface area contributed by atoms with Crippen LogP contribution >= 0.6 is 0 Å². The summed E-state index contributed by atoms with van der Waals surface area (Å²) in [6.07, 6.45) is 2.78. The first-order chi connectivity index (χ1) is 12.4. The Morgan fingerprint density at radius 3 is 2.24 bits per heavy atom. The average molecular weight is 336 g/mol. The lowest BCUT2D eigenvalue weighted by molar-refractivity contribution is -0.0538. The molecule has 25 heavy (non-hydrogen) atoms. The Labute approximate surface area is 151 Å². The van der Waals surface area contributed by atoms with Crippen molar-refractivity contribution in [1.82, 2.24) is 9.80 Å². The van der Waals surface area contributed by atoms with Crippen LogP contribution in [0.3, 0.4) is 0 Å². The minimum atomic E-state index is 0.234. The van der Waals surface area contributed by atoms with Crippen molar-refractivity contribution >= 4 is 0 Å². The van der Waals surface area contributed by atoms with Crippen LogP contribution in [0.2, 0.25) is 0 Å². The van der Waals surface area contributed by atoms with E-state index in [2.05, 4.69) is 70.5 Å². The molecule has 1 unspecified atom stereocenters. The molecule has 0 saturated carbocycles. The van der Waals surface area contributed by atoms with Gasteiger partial charge in [-0.15, -0.1) is 0 Å². The molecule has 3 nitrogen and oxygen atoms in total. The number of likely N-dealkylation sites (tertiary alicyclic amines) is 1. The molecule has 2 aliphatic heterocycles. The maximum Gasteiger partial charge on any atom is 0.0952 e. The van der Waals surface area contributed by atoms with Crippen molar-refractivity contribution in [2.75, 3.05) is 32.8 Å². The fourth-order valence-corrected chi connectivity index (χ4v) is 4.15. The zero-order chi connectivity index (χ0) is 16.9. The van der Waals surface area contributed by atoms with Gasteiger partial charge in [-0.1, -0.05) is 60.7 Å². The van der Waals surface area contributed by atoms with E-state index in [-0.39, 0.29) is 6.10 Å². The molecule has 2 saturated heterocycles. The number of morpholine rings is 1. The van der Waals surface area contributed by atoms with E-state index in [1.54, 1.807) is 0 Å². The second-order valence-corrected chi connectivity index (χ2v) is 7.26.